The lowest BCUT2D eigenvalue weighted by atomic mass is 10.0. The lowest BCUT2D eigenvalue weighted by Gasteiger charge is -2.34. The number of nitrogens with zero attached hydrogens (tertiary/aromatic N) is 4. The molecule has 0 aliphatic carbocycles. The molecule has 1 fully saturated rings. The topological polar surface area (TPSA) is 63.1 Å². The summed E-state index contributed by atoms with van der Waals surface area (Å²) in [5.74, 6) is -0.263. The number of pyridine rings is 1. The average Bonchev–Trinajstić information content (AvgIpc) is 3.17. The Balaban J connectivity index is 1.39. The van der Waals surface area contributed by atoms with Crippen LogP contribution in [-0.4, -0.2) is 38.2 Å². The molecule has 1 amide bonds. The summed E-state index contributed by atoms with van der Waals surface area (Å²) in [4.78, 5) is 19.1. The fourth-order valence-corrected chi connectivity index (χ4v) is 3.72. The van der Waals surface area contributed by atoms with E-state index in [4.69, 9.17) is 0 Å². The number of amides is 1. The Morgan fingerprint density at radius 1 is 1.07 bits per heavy atom. The second kappa shape index (κ2) is 8.96. The predicted molar refractivity (Wildman–Crippen MR) is 109 cm³/mol. The molecule has 0 spiro atoms. The molecule has 3 heterocycles. The van der Waals surface area contributed by atoms with Crippen LogP contribution in [0.15, 0.2) is 61.2 Å². The second-order valence-corrected chi connectivity index (χ2v) is 7.38. The average molecular weight is 393 g/mol. The number of halogens is 1. The minimum Gasteiger partial charge on any atom is -0.322 e. The molecule has 0 saturated carbocycles. The van der Waals surface area contributed by atoms with E-state index in [0.717, 1.165) is 36.9 Å². The number of hydrogen-bond donors (Lipinski definition) is 1. The van der Waals surface area contributed by atoms with Gasteiger partial charge in [-0.1, -0.05) is 18.6 Å². The first-order valence-electron chi connectivity index (χ1n) is 9.88. The van der Waals surface area contributed by atoms with Gasteiger partial charge in [-0.15, -0.1) is 0 Å². The standard InChI is InChI=1S/C22H24FN5O/c23-19-6-4-17(5-7-19)14-27-12-2-1-3-21(27)22(29)26-20-13-25-28(16-20)15-18-8-10-24-11-9-18/h4-11,13,16,21H,1-3,12,14-15H2,(H,26,29). The number of nitrogens with one attached hydrogen (secondary N) is 1. The second-order valence-electron chi connectivity index (χ2n) is 7.38. The van der Waals surface area contributed by atoms with Crippen molar-refractivity contribution in [1.82, 2.24) is 19.7 Å². The van der Waals surface area contributed by atoms with Gasteiger partial charge in [0.2, 0.25) is 5.91 Å². The molecule has 1 unspecified atom stereocenters. The number of benzene rings is 1. The van der Waals surface area contributed by atoms with E-state index < -0.39 is 0 Å². The Morgan fingerprint density at radius 2 is 1.83 bits per heavy atom. The Morgan fingerprint density at radius 3 is 2.62 bits per heavy atom. The van der Waals surface area contributed by atoms with Gasteiger partial charge in [-0.05, 0) is 54.8 Å². The molecule has 0 bridgehead atoms. The maximum absolute atomic E-state index is 13.2. The van der Waals surface area contributed by atoms with Crippen molar-refractivity contribution in [3.63, 3.8) is 0 Å². The van der Waals surface area contributed by atoms with Gasteiger partial charge in [-0.25, -0.2) is 4.39 Å². The molecule has 1 atom stereocenters. The van der Waals surface area contributed by atoms with Gasteiger partial charge >= 0.3 is 0 Å². The summed E-state index contributed by atoms with van der Waals surface area (Å²) in [5, 5.41) is 7.34. The number of hydrogen-bond acceptors (Lipinski definition) is 4. The Labute approximate surface area is 169 Å². The van der Waals surface area contributed by atoms with Crippen LogP contribution in [0.1, 0.15) is 30.4 Å². The summed E-state index contributed by atoms with van der Waals surface area (Å²) in [5.41, 5.74) is 2.80. The normalized spacial score (nSPS) is 17.2. The zero-order valence-electron chi connectivity index (χ0n) is 16.2. The van der Waals surface area contributed by atoms with Crippen LogP contribution >= 0.6 is 0 Å². The highest BCUT2D eigenvalue weighted by atomic mass is 19.1. The fourth-order valence-electron chi connectivity index (χ4n) is 3.72. The number of rotatable bonds is 6. The molecule has 2 aromatic heterocycles. The van der Waals surface area contributed by atoms with Gasteiger partial charge in [-0.2, -0.15) is 5.10 Å². The third-order valence-electron chi connectivity index (χ3n) is 5.21. The molecule has 7 heteroatoms. The summed E-state index contributed by atoms with van der Waals surface area (Å²) >= 11 is 0. The summed E-state index contributed by atoms with van der Waals surface area (Å²) in [6.45, 7) is 2.12. The van der Waals surface area contributed by atoms with Crippen molar-refractivity contribution < 1.29 is 9.18 Å². The molecule has 0 radical (unpaired) electrons. The lowest BCUT2D eigenvalue weighted by molar-refractivity contribution is -0.122. The SMILES string of the molecule is O=C(Nc1cnn(Cc2ccncc2)c1)C1CCCCN1Cc1ccc(F)cc1. The maximum Gasteiger partial charge on any atom is 0.241 e. The lowest BCUT2D eigenvalue weighted by Crippen LogP contribution is -2.46. The summed E-state index contributed by atoms with van der Waals surface area (Å²) in [6, 6.07) is 10.2. The van der Waals surface area contributed by atoms with E-state index in [-0.39, 0.29) is 17.8 Å². The quantitative estimate of drug-likeness (QED) is 0.697. The molecule has 4 rings (SSSR count). The number of likely N-dealkylation sites (tertiary alicyclic amines) is 1. The highest BCUT2D eigenvalue weighted by Gasteiger charge is 2.29. The first-order valence-corrected chi connectivity index (χ1v) is 9.88. The smallest absolute Gasteiger partial charge is 0.241 e. The van der Waals surface area contributed by atoms with E-state index in [1.165, 1.54) is 12.1 Å². The number of piperidine rings is 1. The third-order valence-corrected chi connectivity index (χ3v) is 5.21. The maximum atomic E-state index is 13.2. The van der Waals surface area contributed by atoms with Gasteiger partial charge in [0, 0.05) is 25.1 Å². The molecular formula is C22H24FN5O. The van der Waals surface area contributed by atoms with Crippen molar-refractivity contribution in [2.24, 2.45) is 0 Å². The molecule has 3 aromatic rings. The van der Waals surface area contributed by atoms with E-state index in [0.29, 0.717) is 18.8 Å². The molecule has 1 aromatic carbocycles. The van der Waals surface area contributed by atoms with Gasteiger partial charge in [0.15, 0.2) is 0 Å². The zero-order chi connectivity index (χ0) is 20.1. The van der Waals surface area contributed by atoms with Crippen molar-refractivity contribution in [3.8, 4) is 0 Å². The third kappa shape index (κ3) is 5.06. The van der Waals surface area contributed by atoms with Crippen molar-refractivity contribution in [3.05, 3.63) is 78.1 Å². The molecule has 6 nitrogen and oxygen atoms in total. The summed E-state index contributed by atoms with van der Waals surface area (Å²) < 4.78 is 15.0. The van der Waals surface area contributed by atoms with Crippen molar-refractivity contribution in [2.75, 3.05) is 11.9 Å². The van der Waals surface area contributed by atoms with E-state index in [1.807, 2.05) is 18.3 Å². The predicted octanol–water partition coefficient (Wildman–Crippen LogP) is 3.46. The van der Waals surface area contributed by atoms with Crippen molar-refractivity contribution in [1.29, 1.82) is 0 Å². The highest BCUT2D eigenvalue weighted by molar-refractivity contribution is 5.94. The van der Waals surface area contributed by atoms with Gasteiger partial charge < -0.3 is 5.32 Å². The molecule has 1 aliphatic heterocycles. The van der Waals surface area contributed by atoms with Crippen LogP contribution in [0.3, 0.4) is 0 Å². The fraction of sp³-hybridized carbons (Fsp3) is 0.318. The minimum atomic E-state index is -0.245. The van der Waals surface area contributed by atoms with Gasteiger partial charge in [0.1, 0.15) is 5.82 Å². The molecule has 150 valence electrons. The molecule has 1 saturated heterocycles. The van der Waals surface area contributed by atoms with Crippen LogP contribution in [-0.2, 0) is 17.9 Å². The highest BCUT2D eigenvalue weighted by Crippen LogP contribution is 2.21. The molecule has 1 N–H and O–H groups in total. The minimum absolute atomic E-state index is 0.0183. The number of anilines is 1. The Kier molecular flexibility index (Phi) is 5.95. The van der Waals surface area contributed by atoms with Gasteiger partial charge in [-0.3, -0.25) is 19.4 Å². The molecule has 29 heavy (non-hydrogen) atoms. The van der Waals surface area contributed by atoms with Gasteiger partial charge in [0.25, 0.3) is 0 Å². The largest absolute Gasteiger partial charge is 0.322 e. The van der Waals surface area contributed by atoms with E-state index in [2.05, 4.69) is 20.3 Å². The zero-order valence-corrected chi connectivity index (χ0v) is 16.2. The van der Waals surface area contributed by atoms with Gasteiger partial charge in [0.05, 0.1) is 24.5 Å². The van der Waals surface area contributed by atoms with Crippen LogP contribution < -0.4 is 5.32 Å². The number of carbonyl (C=O) groups is 1. The first kappa shape index (κ1) is 19.3. The number of carbonyl (C=O) groups excluding carboxylic acids is 1. The van der Waals surface area contributed by atoms with E-state index >= 15 is 0 Å². The molecular weight excluding hydrogens is 369 g/mol. The van der Waals surface area contributed by atoms with E-state index in [9.17, 15) is 9.18 Å². The Bertz CT molecular complexity index is 941. The van der Waals surface area contributed by atoms with Crippen LogP contribution in [0.2, 0.25) is 0 Å². The molecule has 1 aliphatic rings. The van der Waals surface area contributed by atoms with E-state index in [1.54, 1.807) is 35.4 Å². The van der Waals surface area contributed by atoms with Crippen molar-refractivity contribution >= 4 is 11.6 Å². The monoisotopic (exact) mass is 393 g/mol. The van der Waals surface area contributed by atoms with Crippen LogP contribution in [0.25, 0.3) is 0 Å². The van der Waals surface area contributed by atoms with Crippen molar-refractivity contribution in [2.45, 2.75) is 38.4 Å². The first-order chi connectivity index (χ1) is 14.2. The summed E-state index contributed by atoms with van der Waals surface area (Å²) in [6.07, 6.45) is 9.92. The van der Waals surface area contributed by atoms with Crippen LogP contribution in [0.4, 0.5) is 10.1 Å². The van der Waals surface area contributed by atoms with Crippen LogP contribution in [0.5, 0.6) is 0 Å². The summed E-state index contributed by atoms with van der Waals surface area (Å²) in [7, 11) is 0. The number of aromatic nitrogens is 3. The Hall–Kier alpha value is -3.06. The van der Waals surface area contributed by atoms with Crippen LogP contribution in [0, 0.1) is 5.82 Å².